The summed E-state index contributed by atoms with van der Waals surface area (Å²) in [5.41, 5.74) is 6.25. The Labute approximate surface area is 89.6 Å². The predicted octanol–water partition coefficient (Wildman–Crippen LogP) is 0.164. The average molecular weight is 210 g/mol. The van der Waals surface area contributed by atoms with Gasteiger partial charge in [0.15, 0.2) is 0 Å². The van der Waals surface area contributed by atoms with Gasteiger partial charge < -0.3 is 11.1 Å². The topological polar surface area (TPSA) is 72.9 Å². The first-order valence-electron chi connectivity index (χ1n) is 4.91. The summed E-state index contributed by atoms with van der Waals surface area (Å²) in [5.74, 6) is -0.0382. The third kappa shape index (κ3) is 4.12. The maximum Gasteiger partial charge on any atom is 0.222 e. The molecule has 0 spiro atoms. The zero-order chi connectivity index (χ0) is 11.5. The van der Waals surface area contributed by atoms with Gasteiger partial charge >= 0.3 is 0 Å². The van der Waals surface area contributed by atoms with E-state index < -0.39 is 5.54 Å². The van der Waals surface area contributed by atoms with E-state index in [1.54, 1.807) is 10.9 Å². The number of nitrogens with two attached hydrogens (primary N) is 1. The lowest BCUT2D eigenvalue weighted by Crippen LogP contribution is -2.39. The van der Waals surface area contributed by atoms with Crippen molar-refractivity contribution >= 4 is 5.91 Å². The molecule has 15 heavy (non-hydrogen) atoms. The highest BCUT2D eigenvalue weighted by atomic mass is 16.1. The zero-order valence-corrected chi connectivity index (χ0v) is 9.45. The van der Waals surface area contributed by atoms with Crippen molar-refractivity contribution in [2.24, 2.45) is 12.8 Å². The molecule has 5 heteroatoms. The number of carbonyl (C=O) groups is 1. The minimum Gasteiger partial charge on any atom is -0.350 e. The van der Waals surface area contributed by atoms with E-state index in [0.717, 1.165) is 5.69 Å². The molecular weight excluding hydrogens is 192 g/mol. The number of hydrogen-bond acceptors (Lipinski definition) is 3. The highest BCUT2D eigenvalue weighted by Gasteiger charge is 2.16. The van der Waals surface area contributed by atoms with Gasteiger partial charge in [-0.3, -0.25) is 9.48 Å². The van der Waals surface area contributed by atoms with Gasteiger partial charge in [0.25, 0.3) is 0 Å². The zero-order valence-electron chi connectivity index (χ0n) is 9.45. The van der Waals surface area contributed by atoms with Crippen molar-refractivity contribution in [2.45, 2.75) is 32.4 Å². The van der Waals surface area contributed by atoms with Crippen LogP contribution in [-0.2, 0) is 18.4 Å². The van der Waals surface area contributed by atoms with E-state index in [9.17, 15) is 4.79 Å². The molecule has 1 rings (SSSR count). The van der Waals surface area contributed by atoms with E-state index in [2.05, 4.69) is 10.4 Å². The van der Waals surface area contributed by atoms with Gasteiger partial charge in [-0.15, -0.1) is 0 Å². The number of aromatic nitrogens is 2. The van der Waals surface area contributed by atoms with Crippen LogP contribution < -0.4 is 11.1 Å². The molecule has 0 radical (unpaired) electrons. The maximum absolute atomic E-state index is 11.4. The summed E-state index contributed by atoms with van der Waals surface area (Å²) in [7, 11) is 1.84. The van der Waals surface area contributed by atoms with Crippen molar-refractivity contribution in [3.05, 3.63) is 18.0 Å². The number of rotatable bonds is 4. The van der Waals surface area contributed by atoms with Crippen LogP contribution in [0.15, 0.2) is 12.3 Å². The Morgan fingerprint density at radius 3 is 2.80 bits per heavy atom. The second-order valence-corrected chi connectivity index (χ2v) is 4.39. The van der Waals surface area contributed by atoms with Crippen molar-refractivity contribution in [1.82, 2.24) is 15.1 Å². The van der Waals surface area contributed by atoms with Crippen LogP contribution in [0.1, 0.15) is 26.0 Å². The molecule has 3 N–H and O–H groups in total. The standard InChI is InChI=1S/C10H18N4O/c1-10(2,11)6-9(15)12-7-8-4-5-13-14(8)3/h4-5H,6-7,11H2,1-3H3,(H,12,15). The quantitative estimate of drug-likeness (QED) is 0.743. The molecule has 84 valence electrons. The molecule has 0 aliphatic rings. The maximum atomic E-state index is 11.4. The molecule has 0 aliphatic heterocycles. The first-order valence-corrected chi connectivity index (χ1v) is 4.91. The van der Waals surface area contributed by atoms with Crippen LogP contribution in [0.25, 0.3) is 0 Å². The molecule has 0 saturated heterocycles. The van der Waals surface area contributed by atoms with E-state index in [0.29, 0.717) is 13.0 Å². The van der Waals surface area contributed by atoms with Gasteiger partial charge in [-0.2, -0.15) is 5.10 Å². The predicted molar refractivity (Wildman–Crippen MR) is 57.9 cm³/mol. The molecule has 5 nitrogen and oxygen atoms in total. The van der Waals surface area contributed by atoms with Crippen LogP contribution in [0.3, 0.4) is 0 Å². The largest absolute Gasteiger partial charge is 0.350 e. The molecule has 0 fully saturated rings. The van der Waals surface area contributed by atoms with Crippen molar-refractivity contribution in [1.29, 1.82) is 0 Å². The van der Waals surface area contributed by atoms with Gasteiger partial charge in [0.1, 0.15) is 0 Å². The fourth-order valence-electron chi connectivity index (χ4n) is 1.24. The molecule has 0 bridgehead atoms. The van der Waals surface area contributed by atoms with Crippen LogP contribution in [0.5, 0.6) is 0 Å². The molecule has 0 unspecified atom stereocenters. The minimum absolute atomic E-state index is 0.0382. The summed E-state index contributed by atoms with van der Waals surface area (Å²) in [6, 6.07) is 1.87. The number of carbonyl (C=O) groups excluding carboxylic acids is 1. The second-order valence-electron chi connectivity index (χ2n) is 4.39. The summed E-state index contributed by atoms with van der Waals surface area (Å²) < 4.78 is 1.73. The summed E-state index contributed by atoms with van der Waals surface area (Å²) in [4.78, 5) is 11.4. The van der Waals surface area contributed by atoms with Crippen LogP contribution in [-0.4, -0.2) is 21.2 Å². The second kappa shape index (κ2) is 4.44. The SMILES string of the molecule is Cn1nccc1CNC(=O)CC(C)(C)N. The number of nitrogens with zero attached hydrogens (tertiary/aromatic N) is 2. The summed E-state index contributed by atoms with van der Waals surface area (Å²) in [6.07, 6.45) is 2.03. The Balaban J connectivity index is 2.38. The number of nitrogens with one attached hydrogen (secondary N) is 1. The Morgan fingerprint density at radius 1 is 1.67 bits per heavy atom. The average Bonchev–Trinajstić information content (AvgIpc) is 2.44. The molecule has 1 amide bonds. The Morgan fingerprint density at radius 2 is 2.33 bits per heavy atom. The highest BCUT2D eigenvalue weighted by Crippen LogP contribution is 2.03. The van der Waals surface area contributed by atoms with Crippen LogP contribution in [0.2, 0.25) is 0 Å². The van der Waals surface area contributed by atoms with Crippen LogP contribution >= 0.6 is 0 Å². The number of aryl methyl sites for hydroxylation is 1. The van der Waals surface area contributed by atoms with Gasteiger partial charge in [0.2, 0.25) is 5.91 Å². The minimum atomic E-state index is -0.462. The summed E-state index contributed by atoms with van der Waals surface area (Å²) in [5, 5.41) is 6.81. The number of amides is 1. The van der Waals surface area contributed by atoms with Crippen LogP contribution in [0, 0.1) is 0 Å². The molecule has 0 saturated carbocycles. The first-order chi connectivity index (χ1) is 6.88. The summed E-state index contributed by atoms with van der Waals surface area (Å²) >= 11 is 0. The molecule has 1 aromatic rings. The van der Waals surface area contributed by atoms with Crippen molar-refractivity contribution < 1.29 is 4.79 Å². The summed E-state index contributed by atoms with van der Waals surface area (Å²) in [6.45, 7) is 4.15. The lowest BCUT2D eigenvalue weighted by Gasteiger charge is -2.17. The lowest BCUT2D eigenvalue weighted by atomic mass is 10.0. The molecule has 0 atom stereocenters. The van der Waals surface area contributed by atoms with Gasteiger partial charge in [0.05, 0.1) is 12.2 Å². The molecule has 1 heterocycles. The van der Waals surface area contributed by atoms with Crippen molar-refractivity contribution in [3.8, 4) is 0 Å². The monoisotopic (exact) mass is 210 g/mol. The van der Waals surface area contributed by atoms with Crippen molar-refractivity contribution in [3.63, 3.8) is 0 Å². The molecule has 0 aromatic carbocycles. The van der Waals surface area contributed by atoms with Gasteiger partial charge in [-0.25, -0.2) is 0 Å². The molecule has 0 aliphatic carbocycles. The Kier molecular flexibility index (Phi) is 3.47. The number of hydrogen-bond donors (Lipinski definition) is 2. The fourth-order valence-corrected chi connectivity index (χ4v) is 1.24. The smallest absolute Gasteiger partial charge is 0.222 e. The molecular formula is C10H18N4O. The third-order valence-corrected chi connectivity index (χ3v) is 2.01. The van der Waals surface area contributed by atoms with E-state index in [-0.39, 0.29) is 5.91 Å². The lowest BCUT2D eigenvalue weighted by molar-refractivity contribution is -0.122. The Bertz CT molecular complexity index is 337. The van der Waals surface area contributed by atoms with Crippen LogP contribution in [0.4, 0.5) is 0 Å². The third-order valence-electron chi connectivity index (χ3n) is 2.01. The van der Waals surface area contributed by atoms with Crippen molar-refractivity contribution in [2.75, 3.05) is 0 Å². The van der Waals surface area contributed by atoms with Gasteiger partial charge in [0, 0.05) is 25.2 Å². The normalized spacial score (nSPS) is 11.5. The first kappa shape index (κ1) is 11.7. The van der Waals surface area contributed by atoms with E-state index in [1.807, 2.05) is 27.0 Å². The fraction of sp³-hybridized carbons (Fsp3) is 0.600. The van der Waals surface area contributed by atoms with E-state index in [4.69, 9.17) is 5.73 Å². The van der Waals surface area contributed by atoms with E-state index >= 15 is 0 Å². The highest BCUT2D eigenvalue weighted by molar-refractivity contribution is 5.76. The Hall–Kier alpha value is -1.36. The molecule has 1 aromatic heterocycles. The van der Waals surface area contributed by atoms with E-state index in [1.165, 1.54) is 0 Å². The van der Waals surface area contributed by atoms with Gasteiger partial charge in [-0.1, -0.05) is 0 Å². The van der Waals surface area contributed by atoms with Gasteiger partial charge in [-0.05, 0) is 19.9 Å².